The molecule has 2 N–H and O–H groups in total. The minimum Gasteiger partial charge on any atom is -0.147 e. The number of nitrogens with one attached hydrogen (secondary N) is 1. The molecule has 0 saturated heterocycles. The van der Waals surface area contributed by atoms with Gasteiger partial charge in [-0.05, 0) is 0 Å². The van der Waals surface area contributed by atoms with Crippen LogP contribution in [-0.2, 0) is 14.3 Å². The quantitative estimate of drug-likeness (QED) is 0.737. The zero-order chi connectivity index (χ0) is 13.2. The van der Waals surface area contributed by atoms with E-state index in [1.54, 1.807) is 3.88 Å². The number of aliphatic hydroxyl groups is 1. The van der Waals surface area contributed by atoms with Gasteiger partial charge >= 0.3 is 109 Å². The van der Waals surface area contributed by atoms with E-state index in [1.807, 2.05) is 0 Å². The van der Waals surface area contributed by atoms with Crippen LogP contribution in [0.5, 0.6) is 0 Å². The molecule has 1 aliphatic carbocycles. The maximum Gasteiger partial charge on any atom is -0.147 e. The van der Waals surface area contributed by atoms with E-state index >= 15 is 0 Å². The smallest absolute Gasteiger partial charge is 0.147 e. The van der Waals surface area contributed by atoms with E-state index in [-0.39, 0.29) is 30.4 Å². The second-order valence-corrected chi connectivity index (χ2v) is 24.0. The molecule has 0 amide bonds. The normalized spacial score (nSPS) is 15.6. The monoisotopic (exact) mass is 361 g/mol. The van der Waals surface area contributed by atoms with E-state index in [0.717, 1.165) is 17.6 Å². The van der Waals surface area contributed by atoms with Crippen molar-refractivity contribution in [1.29, 1.82) is 0 Å². The predicted molar refractivity (Wildman–Crippen MR) is 90.1 cm³/mol. The minimum absolute atomic E-state index is 0. The molecule has 0 fully saturated rings. The van der Waals surface area contributed by atoms with Crippen molar-refractivity contribution in [3.63, 3.8) is 0 Å². The molecule has 0 heterocycles. The van der Waals surface area contributed by atoms with Crippen LogP contribution in [0.3, 0.4) is 0 Å². The van der Waals surface area contributed by atoms with Gasteiger partial charge in [0.05, 0.1) is 0 Å². The van der Waals surface area contributed by atoms with Crippen LogP contribution in [0.2, 0.25) is 9.95 Å². The van der Waals surface area contributed by atoms with Crippen molar-refractivity contribution in [3.8, 4) is 0 Å². The Hall–Kier alpha value is 0.911. The SMILES string of the molecule is CC(C)(C)[NH][Ti]([CH3])(=[SiH2])([CH2]CCO)[C]1=CC=CC1.Cl.Cl. The molecule has 0 radical (unpaired) electrons. The van der Waals surface area contributed by atoms with E-state index in [2.05, 4.69) is 55.7 Å². The van der Waals surface area contributed by atoms with Gasteiger partial charge in [0.1, 0.15) is 0 Å². The molecule has 2 nitrogen and oxygen atoms in total. The first kappa shape index (κ1) is 22.2. The molecule has 0 aromatic rings. The third kappa shape index (κ3) is 6.47. The predicted octanol–water partition coefficient (Wildman–Crippen LogP) is 3.06. The Kier molecular flexibility index (Phi) is 9.10. The number of allylic oxidation sites excluding steroid dienone is 4. The Bertz CT molecular complexity index is 415. The minimum atomic E-state index is -2.80. The van der Waals surface area contributed by atoms with Gasteiger partial charge in [-0.15, -0.1) is 24.8 Å². The Morgan fingerprint density at radius 2 is 1.95 bits per heavy atom. The van der Waals surface area contributed by atoms with Gasteiger partial charge in [0, 0.05) is 0 Å². The van der Waals surface area contributed by atoms with E-state index in [4.69, 9.17) is 5.11 Å². The van der Waals surface area contributed by atoms with Crippen molar-refractivity contribution in [2.24, 2.45) is 0 Å². The first-order valence-corrected chi connectivity index (χ1v) is 14.7. The van der Waals surface area contributed by atoms with Crippen LogP contribution in [0.25, 0.3) is 0 Å². The van der Waals surface area contributed by atoms with Crippen LogP contribution in [0.15, 0.2) is 22.1 Å². The summed E-state index contributed by atoms with van der Waals surface area (Å²) in [7, 11) is 2.21. The zero-order valence-electron chi connectivity index (χ0n) is 12.5. The molecule has 19 heavy (non-hydrogen) atoms. The van der Waals surface area contributed by atoms with Crippen LogP contribution in [0.1, 0.15) is 33.6 Å². The molecular weight excluding hydrogens is 333 g/mol. The third-order valence-corrected chi connectivity index (χ3v) is 16.0. The van der Waals surface area contributed by atoms with Crippen LogP contribution >= 0.6 is 24.8 Å². The molecule has 0 aromatic carbocycles. The fourth-order valence-corrected chi connectivity index (χ4v) is 15.4. The van der Waals surface area contributed by atoms with Gasteiger partial charge in [0.15, 0.2) is 0 Å². The van der Waals surface area contributed by atoms with E-state index in [9.17, 15) is 0 Å². The number of hydrogen-bond donors (Lipinski definition) is 2. The van der Waals surface area contributed by atoms with Crippen molar-refractivity contribution < 1.29 is 19.4 Å². The summed E-state index contributed by atoms with van der Waals surface area (Å²) in [5, 5.41) is 11.6. The average molecular weight is 362 g/mol. The van der Waals surface area contributed by atoms with Gasteiger partial charge in [0.25, 0.3) is 0 Å². The summed E-state index contributed by atoms with van der Waals surface area (Å²) in [6.07, 6.45) is 8.75. The second-order valence-electron chi connectivity index (χ2n) is 6.82. The van der Waals surface area contributed by atoms with Crippen LogP contribution < -0.4 is 3.80 Å². The summed E-state index contributed by atoms with van der Waals surface area (Å²) < 4.78 is 6.73. The van der Waals surface area contributed by atoms with Gasteiger partial charge in [-0.25, -0.2) is 0 Å². The Morgan fingerprint density at radius 3 is 2.32 bits per heavy atom. The summed E-state index contributed by atoms with van der Waals surface area (Å²) in [4.78, 5) is 0. The van der Waals surface area contributed by atoms with Crippen molar-refractivity contribution in [1.82, 2.24) is 3.80 Å². The molecule has 6 heteroatoms. The number of halogens is 2. The molecule has 0 aromatic heterocycles. The molecule has 0 bridgehead atoms. The standard InChI is InChI=1S/C5H5.C4H10N.C3H7O.CH3.2ClH.H2Si.Ti/c1-2-4-5-3-1;1-4(2,3)5;1-2-3-4;;;;;/h1-3H,4H2;5H,1-3H3;4H,1-3H2;1H3;2*1H;1H2;/q;-1;;;;;;+1. The summed E-state index contributed by atoms with van der Waals surface area (Å²) >= 11 is -2.80. The average Bonchev–Trinajstić information content (AvgIpc) is 2.65. The molecule has 0 aliphatic heterocycles. The van der Waals surface area contributed by atoms with Crippen molar-refractivity contribution in [2.75, 3.05) is 6.61 Å². The van der Waals surface area contributed by atoms with Crippen LogP contribution in [-0.4, -0.2) is 24.9 Å². The second kappa shape index (κ2) is 7.79. The van der Waals surface area contributed by atoms with E-state index < -0.39 is 14.3 Å². The van der Waals surface area contributed by atoms with Gasteiger partial charge in [-0.2, -0.15) is 0 Å². The fourth-order valence-electron chi connectivity index (χ4n) is 2.94. The molecule has 0 unspecified atom stereocenters. The number of rotatable bonds is 5. The first-order valence-electron chi connectivity index (χ1n) is 6.49. The molecule has 0 spiro atoms. The molecule has 0 atom stereocenters. The maximum atomic E-state index is 9.16. The van der Waals surface area contributed by atoms with Crippen molar-refractivity contribution in [3.05, 3.63) is 22.1 Å². The number of aliphatic hydroxyl groups excluding tert-OH is 1. The Morgan fingerprint density at radius 1 is 1.37 bits per heavy atom. The molecule has 1 aliphatic rings. The molecule has 0 saturated carbocycles. The summed E-state index contributed by atoms with van der Waals surface area (Å²) in [5.41, 5.74) is 0.145. The Labute approximate surface area is 133 Å². The number of hydrogen-bond acceptors (Lipinski definition) is 2. The Balaban J connectivity index is 0. The maximum absolute atomic E-state index is 9.16. The molecule has 114 valence electrons. The van der Waals surface area contributed by atoms with Crippen LogP contribution in [0.4, 0.5) is 0 Å². The zero-order valence-corrected chi connectivity index (χ0v) is 17.1. The van der Waals surface area contributed by atoms with Crippen LogP contribution in [0, 0.1) is 0 Å². The summed E-state index contributed by atoms with van der Waals surface area (Å²) in [6, 6.07) is 0. The summed E-state index contributed by atoms with van der Waals surface area (Å²) in [6.45, 7) is 7.04. The largest absolute Gasteiger partial charge is 0.147 e. The topological polar surface area (TPSA) is 32.3 Å². The van der Waals surface area contributed by atoms with E-state index in [0.29, 0.717) is 6.61 Å². The van der Waals surface area contributed by atoms with E-state index in [1.165, 1.54) is 0 Å². The van der Waals surface area contributed by atoms with Gasteiger partial charge in [-0.1, -0.05) is 0 Å². The van der Waals surface area contributed by atoms with Gasteiger partial charge in [-0.3, -0.25) is 0 Å². The first-order chi connectivity index (χ1) is 7.66. The van der Waals surface area contributed by atoms with Gasteiger partial charge in [0.2, 0.25) is 0 Å². The fraction of sp³-hybridized carbons (Fsp3) is 0.692. The molecule has 1 rings (SSSR count). The third-order valence-electron chi connectivity index (χ3n) is 3.46. The van der Waals surface area contributed by atoms with Gasteiger partial charge < -0.3 is 0 Å². The van der Waals surface area contributed by atoms with Crippen molar-refractivity contribution in [2.45, 2.75) is 49.1 Å². The van der Waals surface area contributed by atoms with Crippen molar-refractivity contribution >= 4 is 32.4 Å². The summed E-state index contributed by atoms with van der Waals surface area (Å²) in [5.74, 6) is 0. The molecular formula is C13H29Cl2NOSiTi.